The van der Waals surface area contributed by atoms with E-state index in [0.29, 0.717) is 5.02 Å². The largest absolute Gasteiger partial charge is 0.391 e. The normalized spacial score (nSPS) is 25.5. The van der Waals surface area contributed by atoms with Gasteiger partial charge >= 0.3 is 0 Å². The van der Waals surface area contributed by atoms with Gasteiger partial charge in [-0.25, -0.2) is 0 Å². The highest BCUT2D eigenvalue weighted by atomic mass is 79.9. The van der Waals surface area contributed by atoms with Gasteiger partial charge in [0.1, 0.15) is 0 Å². The Morgan fingerprint density at radius 3 is 2.80 bits per heavy atom. The maximum absolute atomic E-state index is 9.69. The Labute approximate surface area is 103 Å². The standard InChI is InChI=1S/C11H13BrClNO/c12-8-6-7(13)4-5-9(8)14-10-2-1-3-11(10)15/h4-6,10-11,14-15H,1-3H2/t10-,11-/m0/s1. The first kappa shape index (κ1) is 11.2. The summed E-state index contributed by atoms with van der Waals surface area (Å²) in [6, 6.07) is 5.79. The Morgan fingerprint density at radius 2 is 2.20 bits per heavy atom. The summed E-state index contributed by atoms with van der Waals surface area (Å²) in [7, 11) is 0. The smallest absolute Gasteiger partial charge is 0.0741 e. The first-order valence-corrected chi connectivity index (χ1v) is 6.23. The highest BCUT2D eigenvalue weighted by Crippen LogP contribution is 2.29. The first-order valence-electron chi connectivity index (χ1n) is 5.06. The van der Waals surface area contributed by atoms with Crippen molar-refractivity contribution in [2.75, 3.05) is 5.32 Å². The fourth-order valence-electron chi connectivity index (χ4n) is 1.92. The number of anilines is 1. The zero-order chi connectivity index (χ0) is 10.8. The molecule has 2 N–H and O–H groups in total. The Morgan fingerprint density at radius 1 is 1.40 bits per heavy atom. The van der Waals surface area contributed by atoms with Crippen LogP contribution in [0.2, 0.25) is 5.02 Å². The van der Waals surface area contributed by atoms with Crippen LogP contribution in [0.15, 0.2) is 22.7 Å². The van der Waals surface area contributed by atoms with E-state index in [-0.39, 0.29) is 12.1 Å². The maximum atomic E-state index is 9.69. The first-order chi connectivity index (χ1) is 7.16. The Bertz CT molecular complexity index is 358. The van der Waals surface area contributed by atoms with Gasteiger partial charge in [0.2, 0.25) is 0 Å². The van der Waals surface area contributed by atoms with Crippen LogP contribution >= 0.6 is 27.5 Å². The maximum Gasteiger partial charge on any atom is 0.0741 e. The third kappa shape index (κ3) is 2.65. The minimum Gasteiger partial charge on any atom is -0.391 e. The van der Waals surface area contributed by atoms with Crippen LogP contribution in [0.25, 0.3) is 0 Å². The summed E-state index contributed by atoms with van der Waals surface area (Å²) in [5, 5.41) is 13.7. The predicted octanol–water partition coefficient (Wildman–Crippen LogP) is 3.43. The van der Waals surface area contributed by atoms with Crippen molar-refractivity contribution in [3.05, 3.63) is 27.7 Å². The summed E-state index contributed by atoms with van der Waals surface area (Å²) in [4.78, 5) is 0. The van der Waals surface area contributed by atoms with E-state index < -0.39 is 0 Å². The molecule has 1 aliphatic rings. The molecule has 2 nitrogen and oxygen atoms in total. The molecule has 0 heterocycles. The van der Waals surface area contributed by atoms with Crippen LogP contribution in [0, 0.1) is 0 Å². The van der Waals surface area contributed by atoms with Crippen LogP contribution in [0.4, 0.5) is 5.69 Å². The van der Waals surface area contributed by atoms with Gasteiger partial charge in [0.05, 0.1) is 12.1 Å². The van der Waals surface area contributed by atoms with Gasteiger partial charge in [0, 0.05) is 15.2 Å². The summed E-state index contributed by atoms with van der Waals surface area (Å²) >= 11 is 9.30. The molecular formula is C11H13BrClNO. The van der Waals surface area contributed by atoms with Crippen molar-refractivity contribution in [2.45, 2.75) is 31.4 Å². The van der Waals surface area contributed by atoms with E-state index in [1.54, 1.807) is 0 Å². The number of aliphatic hydroxyl groups is 1. The van der Waals surface area contributed by atoms with Gasteiger partial charge in [-0.05, 0) is 53.4 Å². The molecule has 0 saturated heterocycles. The van der Waals surface area contributed by atoms with Gasteiger partial charge in [0.15, 0.2) is 0 Å². The number of hydrogen-bond donors (Lipinski definition) is 2. The lowest BCUT2D eigenvalue weighted by Crippen LogP contribution is -2.27. The van der Waals surface area contributed by atoms with Crippen molar-refractivity contribution in [1.82, 2.24) is 0 Å². The van der Waals surface area contributed by atoms with Crippen molar-refractivity contribution in [2.24, 2.45) is 0 Å². The average molecular weight is 291 g/mol. The van der Waals surface area contributed by atoms with Crippen molar-refractivity contribution < 1.29 is 5.11 Å². The lowest BCUT2D eigenvalue weighted by molar-refractivity contribution is 0.172. The van der Waals surface area contributed by atoms with Crippen LogP contribution in [0.5, 0.6) is 0 Å². The number of benzene rings is 1. The molecule has 1 aliphatic carbocycles. The number of halogens is 2. The minimum atomic E-state index is -0.229. The molecule has 2 rings (SSSR count). The molecule has 1 saturated carbocycles. The summed E-state index contributed by atoms with van der Waals surface area (Å²) in [6.07, 6.45) is 2.77. The average Bonchev–Trinajstić information content (AvgIpc) is 2.57. The van der Waals surface area contributed by atoms with Crippen molar-refractivity contribution in [3.63, 3.8) is 0 Å². The topological polar surface area (TPSA) is 32.3 Å². The van der Waals surface area contributed by atoms with Crippen LogP contribution in [-0.4, -0.2) is 17.3 Å². The summed E-state index contributed by atoms with van der Waals surface area (Å²) < 4.78 is 0.939. The highest BCUT2D eigenvalue weighted by molar-refractivity contribution is 9.10. The molecule has 4 heteroatoms. The lowest BCUT2D eigenvalue weighted by Gasteiger charge is -2.18. The van der Waals surface area contributed by atoms with Crippen LogP contribution in [0.3, 0.4) is 0 Å². The van der Waals surface area contributed by atoms with Gasteiger partial charge < -0.3 is 10.4 Å². The number of aliphatic hydroxyl groups excluding tert-OH is 1. The number of nitrogens with one attached hydrogen (secondary N) is 1. The van der Waals surface area contributed by atoms with Crippen LogP contribution < -0.4 is 5.32 Å². The van der Waals surface area contributed by atoms with Gasteiger partial charge in [-0.1, -0.05) is 11.6 Å². The van der Waals surface area contributed by atoms with E-state index in [0.717, 1.165) is 29.4 Å². The summed E-state index contributed by atoms with van der Waals surface area (Å²) in [5.74, 6) is 0. The third-order valence-electron chi connectivity index (χ3n) is 2.75. The van der Waals surface area contributed by atoms with E-state index in [4.69, 9.17) is 11.6 Å². The molecule has 0 radical (unpaired) electrons. The fraction of sp³-hybridized carbons (Fsp3) is 0.455. The Kier molecular flexibility index (Phi) is 3.54. The number of rotatable bonds is 2. The third-order valence-corrected chi connectivity index (χ3v) is 3.64. The molecule has 1 fully saturated rings. The predicted molar refractivity (Wildman–Crippen MR) is 66.4 cm³/mol. The van der Waals surface area contributed by atoms with Crippen LogP contribution in [0.1, 0.15) is 19.3 Å². The molecule has 82 valence electrons. The van der Waals surface area contributed by atoms with Gasteiger partial charge in [-0.2, -0.15) is 0 Å². The molecule has 1 aromatic carbocycles. The quantitative estimate of drug-likeness (QED) is 0.874. The van der Waals surface area contributed by atoms with Crippen molar-refractivity contribution >= 4 is 33.2 Å². The molecular weight excluding hydrogens is 277 g/mol. The molecule has 0 unspecified atom stereocenters. The van der Waals surface area contributed by atoms with Crippen LogP contribution in [-0.2, 0) is 0 Å². The van der Waals surface area contributed by atoms with E-state index in [9.17, 15) is 5.11 Å². The molecule has 0 aromatic heterocycles. The van der Waals surface area contributed by atoms with E-state index in [1.165, 1.54) is 0 Å². The van der Waals surface area contributed by atoms with E-state index >= 15 is 0 Å². The summed E-state index contributed by atoms with van der Waals surface area (Å²) in [5.41, 5.74) is 0.991. The van der Waals surface area contributed by atoms with Crippen molar-refractivity contribution in [1.29, 1.82) is 0 Å². The molecule has 1 aromatic rings. The second-order valence-corrected chi connectivity index (χ2v) is 5.16. The Balaban J connectivity index is 2.10. The van der Waals surface area contributed by atoms with Crippen molar-refractivity contribution in [3.8, 4) is 0 Å². The molecule has 0 spiro atoms. The highest BCUT2D eigenvalue weighted by Gasteiger charge is 2.25. The van der Waals surface area contributed by atoms with E-state index in [1.807, 2.05) is 18.2 Å². The second-order valence-electron chi connectivity index (χ2n) is 3.87. The molecule has 2 atom stereocenters. The molecule has 0 amide bonds. The SMILES string of the molecule is O[C@H]1CCC[C@@H]1Nc1ccc(Cl)cc1Br. The minimum absolute atomic E-state index is 0.169. The molecule has 0 bridgehead atoms. The zero-order valence-corrected chi connectivity index (χ0v) is 10.6. The number of hydrogen-bond acceptors (Lipinski definition) is 2. The zero-order valence-electron chi connectivity index (χ0n) is 8.21. The van der Waals surface area contributed by atoms with Gasteiger partial charge in [0.25, 0.3) is 0 Å². The van der Waals surface area contributed by atoms with E-state index in [2.05, 4.69) is 21.2 Å². The lowest BCUT2D eigenvalue weighted by atomic mass is 10.2. The van der Waals surface area contributed by atoms with Gasteiger partial charge in [-0.15, -0.1) is 0 Å². The summed E-state index contributed by atoms with van der Waals surface area (Å²) in [6.45, 7) is 0. The second kappa shape index (κ2) is 4.73. The fourth-order valence-corrected chi connectivity index (χ4v) is 2.71. The monoisotopic (exact) mass is 289 g/mol. The Hall–Kier alpha value is -0.250. The van der Waals surface area contributed by atoms with Gasteiger partial charge in [-0.3, -0.25) is 0 Å². The molecule has 15 heavy (non-hydrogen) atoms. The molecule has 0 aliphatic heterocycles.